The molecule has 21 heavy (non-hydrogen) atoms. The van der Waals surface area contributed by atoms with Crippen molar-refractivity contribution < 1.29 is 37.9 Å². The summed E-state index contributed by atoms with van der Waals surface area (Å²) in [4.78, 5) is 10.4. The lowest BCUT2D eigenvalue weighted by Crippen LogP contribution is -2.47. The van der Waals surface area contributed by atoms with Crippen molar-refractivity contribution in [2.75, 3.05) is 0 Å². The Morgan fingerprint density at radius 2 is 1.57 bits per heavy atom. The van der Waals surface area contributed by atoms with Crippen LogP contribution in [0.1, 0.15) is 39.5 Å². The molecule has 2 nitrogen and oxygen atoms in total. The molecule has 2 unspecified atom stereocenters. The number of halogens is 8. The summed E-state index contributed by atoms with van der Waals surface area (Å²) in [5.74, 6) is -0.941. The van der Waals surface area contributed by atoms with Gasteiger partial charge in [0.25, 0.3) is 0 Å². The minimum absolute atomic E-state index is 0.275. The molecule has 11 heteroatoms. The van der Waals surface area contributed by atoms with Gasteiger partial charge >= 0.3 is 6.18 Å². The molecule has 0 aliphatic heterocycles. The van der Waals surface area contributed by atoms with E-state index in [0.29, 0.717) is 0 Å². The number of alkyl halides is 4. The van der Waals surface area contributed by atoms with Crippen molar-refractivity contribution in [1.82, 2.24) is 0 Å². The van der Waals surface area contributed by atoms with Gasteiger partial charge in [0.2, 0.25) is 10.9 Å². The van der Waals surface area contributed by atoms with Crippen LogP contribution in [0.5, 0.6) is 0 Å². The van der Waals surface area contributed by atoms with E-state index in [1.807, 2.05) is 0 Å². The molecule has 0 bridgehead atoms. The molecule has 130 valence electrons. The van der Waals surface area contributed by atoms with Crippen molar-refractivity contribution in [2.24, 2.45) is 5.73 Å². The average Bonchev–Trinajstić information content (AvgIpc) is 2.10. The van der Waals surface area contributed by atoms with Gasteiger partial charge in [-0.25, -0.2) is 4.39 Å². The van der Waals surface area contributed by atoms with Crippen LogP contribution in [0.4, 0.5) is 33.1 Å². The maximum Gasteiger partial charge on any atom is 0.393 e. The van der Waals surface area contributed by atoms with E-state index >= 15 is 0 Å². The molecule has 0 aromatic heterocycles. The van der Waals surface area contributed by atoms with Crippen molar-refractivity contribution >= 4 is 15.7 Å². The third-order valence-corrected chi connectivity index (χ3v) is 7.03. The molecule has 0 saturated heterocycles. The largest absolute Gasteiger partial charge is 0.393 e. The fraction of sp³-hybridized carbons (Fsp3) is 0.900. The lowest BCUT2D eigenvalue weighted by atomic mass is 10.2. The maximum absolute atomic E-state index is 13.8. The van der Waals surface area contributed by atoms with Gasteiger partial charge in [-0.05, 0) is 26.7 Å². The van der Waals surface area contributed by atoms with E-state index in [0.717, 1.165) is 0 Å². The standard InChI is InChI=1S/C10H17F8NOS/c1-7(4-3-5-8(19)20)21(15,16,17,18)9(2,11)6-10(12,13)14/h7H,3-6H2,1-2H3,(H2,19,20). The van der Waals surface area contributed by atoms with E-state index in [9.17, 15) is 37.9 Å². The number of carbonyl (C=O) groups is 1. The summed E-state index contributed by atoms with van der Waals surface area (Å²) in [6.45, 7) is -0.163. The lowest BCUT2D eigenvalue weighted by Gasteiger charge is -2.61. The highest BCUT2D eigenvalue weighted by Gasteiger charge is 2.81. The average molecular weight is 351 g/mol. The lowest BCUT2D eigenvalue weighted by molar-refractivity contribution is -0.152. The smallest absolute Gasteiger partial charge is 0.370 e. The van der Waals surface area contributed by atoms with E-state index in [2.05, 4.69) is 0 Å². The van der Waals surface area contributed by atoms with E-state index in [-0.39, 0.29) is 6.92 Å². The Bertz CT molecular complexity index is 412. The van der Waals surface area contributed by atoms with Crippen molar-refractivity contribution in [3.63, 3.8) is 0 Å². The van der Waals surface area contributed by atoms with Crippen LogP contribution in [-0.2, 0) is 4.79 Å². The summed E-state index contributed by atoms with van der Waals surface area (Å²) in [7, 11) is -9.69. The first-order chi connectivity index (χ1) is 8.83. The van der Waals surface area contributed by atoms with E-state index < -0.39 is 64.8 Å². The van der Waals surface area contributed by atoms with Gasteiger partial charge in [0, 0.05) is 6.42 Å². The van der Waals surface area contributed by atoms with Gasteiger partial charge in [-0.3, -0.25) is 4.79 Å². The molecule has 0 aromatic carbocycles. The molecule has 1 amide bonds. The molecule has 0 saturated carbocycles. The summed E-state index contributed by atoms with van der Waals surface area (Å²) < 4.78 is 105. The number of hydrogen-bond acceptors (Lipinski definition) is 1. The zero-order valence-electron chi connectivity index (χ0n) is 11.3. The third-order valence-electron chi connectivity index (χ3n) is 3.25. The minimum atomic E-state index is -9.69. The highest BCUT2D eigenvalue weighted by Crippen LogP contribution is 3.05. The van der Waals surface area contributed by atoms with E-state index in [1.165, 1.54) is 0 Å². The van der Waals surface area contributed by atoms with Crippen LogP contribution in [0.15, 0.2) is 0 Å². The van der Waals surface area contributed by atoms with Crippen LogP contribution in [0.25, 0.3) is 0 Å². The number of carbonyl (C=O) groups excluding carboxylic acids is 1. The molecule has 2 N–H and O–H groups in total. The Morgan fingerprint density at radius 1 is 1.14 bits per heavy atom. The Morgan fingerprint density at radius 3 is 1.90 bits per heavy atom. The number of hydrogen-bond donors (Lipinski definition) is 1. The van der Waals surface area contributed by atoms with Crippen LogP contribution in [0.3, 0.4) is 0 Å². The third kappa shape index (κ3) is 4.36. The summed E-state index contributed by atoms with van der Waals surface area (Å²) >= 11 is 0. The normalized spacial score (nSPS) is 21.0. The molecule has 0 heterocycles. The first-order valence-corrected chi connectivity index (χ1v) is 7.97. The Balaban J connectivity index is 5.43. The molecule has 0 aromatic rings. The van der Waals surface area contributed by atoms with Crippen LogP contribution in [0, 0.1) is 0 Å². The topological polar surface area (TPSA) is 43.1 Å². The quantitative estimate of drug-likeness (QED) is 0.639. The van der Waals surface area contributed by atoms with Crippen LogP contribution in [0.2, 0.25) is 0 Å². The fourth-order valence-electron chi connectivity index (χ4n) is 1.73. The highest BCUT2D eigenvalue weighted by molar-refractivity contribution is 8.51. The van der Waals surface area contributed by atoms with Gasteiger partial charge in [-0.15, -0.1) is 15.5 Å². The van der Waals surface area contributed by atoms with Gasteiger partial charge in [-0.1, -0.05) is 0 Å². The zero-order chi connectivity index (χ0) is 17.4. The van der Waals surface area contributed by atoms with Gasteiger partial charge < -0.3 is 5.73 Å². The van der Waals surface area contributed by atoms with Crippen molar-refractivity contribution in [1.29, 1.82) is 0 Å². The maximum atomic E-state index is 13.8. The van der Waals surface area contributed by atoms with Crippen molar-refractivity contribution in [2.45, 2.75) is 56.0 Å². The first kappa shape index (κ1) is 20.3. The predicted octanol–water partition coefficient (Wildman–Crippen LogP) is 5.08. The molecule has 0 aliphatic carbocycles. The fourth-order valence-corrected chi connectivity index (χ4v) is 3.67. The summed E-state index contributed by atoms with van der Waals surface area (Å²) in [6.07, 6.45) is -10.5. The van der Waals surface area contributed by atoms with E-state index in [1.54, 1.807) is 0 Å². The molecule has 0 rings (SSSR count). The Kier molecular flexibility index (Phi) is 4.71. The van der Waals surface area contributed by atoms with Crippen molar-refractivity contribution in [3.05, 3.63) is 0 Å². The van der Waals surface area contributed by atoms with Gasteiger partial charge in [-0.2, -0.15) is 13.2 Å². The second-order valence-corrected chi connectivity index (χ2v) is 9.12. The van der Waals surface area contributed by atoms with Gasteiger partial charge in [0.05, 0.1) is 11.7 Å². The molecule has 0 radical (unpaired) electrons. The summed E-state index contributed by atoms with van der Waals surface area (Å²) in [5, 5.41) is -7.97. The van der Waals surface area contributed by atoms with Crippen LogP contribution in [-0.4, -0.2) is 22.3 Å². The Hall–Kier alpha value is -0.740. The monoisotopic (exact) mass is 351 g/mol. The van der Waals surface area contributed by atoms with Crippen LogP contribution < -0.4 is 5.73 Å². The summed E-state index contributed by atoms with van der Waals surface area (Å²) in [5.41, 5.74) is 4.70. The highest BCUT2D eigenvalue weighted by atomic mass is 32.5. The first-order valence-electron chi connectivity index (χ1n) is 5.85. The SMILES string of the molecule is CC(CCCC(N)=O)S(F)(F)(F)(F)C(C)(F)CC(F)(F)F. The second kappa shape index (κ2) is 4.88. The number of amides is 1. The predicted molar refractivity (Wildman–Crippen MR) is 64.7 cm³/mol. The molecule has 2 atom stereocenters. The number of rotatable bonds is 7. The minimum Gasteiger partial charge on any atom is -0.370 e. The zero-order valence-corrected chi connectivity index (χ0v) is 12.1. The van der Waals surface area contributed by atoms with Crippen LogP contribution >= 0.6 is 9.84 Å². The molecule has 0 spiro atoms. The second-order valence-electron chi connectivity index (χ2n) is 5.20. The van der Waals surface area contributed by atoms with Gasteiger partial charge in [0.1, 0.15) is 0 Å². The molecule has 0 aliphatic rings. The number of nitrogens with two attached hydrogens (primary N) is 1. The van der Waals surface area contributed by atoms with Crippen molar-refractivity contribution in [3.8, 4) is 0 Å². The molecular weight excluding hydrogens is 334 g/mol. The number of primary amides is 1. The molecular formula is C10H17F8NOS. The summed E-state index contributed by atoms with van der Waals surface area (Å²) in [6, 6.07) is 0. The molecule has 0 fully saturated rings. The van der Waals surface area contributed by atoms with E-state index in [4.69, 9.17) is 5.73 Å². The Labute approximate surface area is 116 Å². The van der Waals surface area contributed by atoms with Gasteiger partial charge in [0.15, 0.2) is 9.84 Å².